The van der Waals surface area contributed by atoms with E-state index in [2.05, 4.69) is 0 Å². The highest BCUT2D eigenvalue weighted by Crippen LogP contribution is 2.31. The minimum absolute atomic E-state index is 0.141. The summed E-state index contributed by atoms with van der Waals surface area (Å²) in [7, 11) is 6.51. The van der Waals surface area contributed by atoms with Crippen LogP contribution in [0.3, 0.4) is 0 Å². The molecule has 0 aliphatic carbocycles. The van der Waals surface area contributed by atoms with Gasteiger partial charge in [0.25, 0.3) is 0 Å². The van der Waals surface area contributed by atoms with Crippen LogP contribution in [0, 0.1) is 0 Å². The third-order valence-electron chi connectivity index (χ3n) is 6.76. The number of hydrogen-bond acceptors (Lipinski definition) is 10. The van der Waals surface area contributed by atoms with Crippen molar-refractivity contribution in [2.75, 3.05) is 54.9 Å². The lowest BCUT2D eigenvalue weighted by Gasteiger charge is -2.19. The number of aromatic hydroxyl groups is 2. The number of methoxy groups -OCH3 is 4. The van der Waals surface area contributed by atoms with Crippen LogP contribution in [0.5, 0.6) is 11.5 Å². The second kappa shape index (κ2) is 19.9. The maximum atomic E-state index is 11.1. The molecule has 2 N–H and O–H groups in total. The van der Waals surface area contributed by atoms with Crippen molar-refractivity contribution in [1.29, 1.82) is 0 Å². The van der Waals surface area contributed by atoms with Gasteiger partial charge in [-0.25, -0.2) is 0 Å². The quantitative estimate of drug-likeness (QED) is 0.191. The minimum atomic E-state index is -0.141. The number of hydrogen-bond donors (Lipinski definition) is 2. The molecule has 0 spiro atoms. The standard InChI is InChI=1S/C33H52O10/c1-22(14-36-5)40-18-28-10-26(11-29(32(28)34)19-41-23(2)15-37-6)9-27-12-30(20-42-24(3)16-38-7)33(35)31(13-27)21-43-25(4)17-39-8/h10-13,22-25,34-35H,9,14-21H2,1-8H3. The van der Waals surface area contributed by atoms with Crippen LogP contribution in [0.2, 0.25) is 0 Å². The Morgan fingerprint density at radius 2 is 0.698 bits per heavy atom. The maximum Gasteiger partial charge on any atom is 0.126 e. The molecule has 0 aromatic heterocycles. The van der Waals surface area contributed by atoms with Gasteiger partial charge in [-0.05, 0) is 69.5 Å². The second-order valence-corrected chi connectivity index (χ2v) is 11.0. The van der Waals surface area contributed by atoms with Crippen LogP contribution >= 0.6 is 0 Å². The third kappa shape index (κ3) is 13.1. The monoisotopic (exact) mass is 608 g/mol. The average molecular weight is 609 g/mol. The molecule has 0 bridgehead atoms. The molecule has 0 saturated heterocycles. The molecule has 4 unspecified atom stereocenters. The molecule has 0 aliphatic rings. The van der Waals surface area contributed by atoms with Crippen molar-refractivity contribution in [2.24, 2.45) is 0 Å². The number of benzene rings is 2. The summed E-state index contributed by atoms with van der Waals surface area (Å²) in [6.45, 7) is 10.3. The predicted octanol–water partition coefficient (Wildman–Crippen LogP) is 4.89. The molecule has 0 aliphatic heterocycles. The van der Waals surface area contributed by atoms with Gasteiger partial charge in [-0.2, -0.15) is 0 Å². The fraction of sp³-hybridized carbons (Fsp3) is 0.636. The minimum Gasteiger partial charge on any atom is -0.507 e. The summed E-state index contributed by atoms with van der Waals surface area (Å²) in [5.41, 5.74) is 4.55. The largest absolute Gasteiger partial charge is 0.507 e. The molecule has 43 heavy (non-hydrogen) atoms. The molecule has 10 heteroatoms. The summed E-state index contributed by atoms with van der Waals surface area (Å²) in [5, 5.41) is 22.2. The Balaban J connectivity index is 2.43. The van der Waals surface area contributed by atoms with Gasteiger partial charge in [-0.3, -0.25) is 0 Å². The molecule has 2 aromatic carbocycles. The van der Waals surface area contributed by atoms with Crippen molar-refractivity contribution < 1.29 is 48.1 Å². The van der Waals surface area contributed by atoms with Crippen molar-refractivity contribution in [3.63, 3.8) is 0 Å². The zero-order chi connectivity index (χ0) is 31.8. The van der Waals surface area contributed by atoms with E-state index in [1.165, 1.54) is 0 Å². The van der Waals surface area contributed by atoms with Crippen LogP contribution in [-0.4, -0.2) is 89.5 Å². The highest BCUT2D eigenvalue weighted by atomic mass is 16.5. The summed E-state index contributed by atoms with van der Waals surface area (Å²) in [6.07, 6.45) is -0.0333. The van der Waals surface area contributed by atoms with Crippen LogP contribution in [0.4, 0.5) is 0 Å². The lowest BCUT2D eigenvalue weighted by molar-refractivity contribution is -0.00340. The summed E-state index contributed by atoms with van der Waals surface area (Å²) < 4.78 is 44.5. The van der Waals surface area contributed by atoms with Gasteiger partial charge in [0, 0.05) is 50.7 Å². The van der Waals surface area contributed by atoms with Gasteiger partial charge < -0.3 is 48.1 Å². The van der Waals surface area contributed by atoms with Gasteiger partial charge in [-0.15, -0.1) is 0 Å². The van der Waals surface area contributed by atoms with E-state index in [9.17, 15) is 10.2 Å². The first kappa shape index (κ1) is 36.9. The molecule has 0 fully saturated rings. The van der Waals surface area contributed by atoms with E-state index in [0.29, 0.717) is 55.1 Å². The van der Waals surface area contributed by atoms with Crippen molar-refractivity contribution >= 4 is 0 Å². The second-order valence-electron chi connectivity index (χ2n) is 11.0. The van der Waals surface area contributed by atoms with Gasteiger partial charge in [0.05, 0.1) is 77.3 Å². The fourth-order valence-corrected chi connectivity index (χ4v) is 4.60. The van der Waals surface area contributed by atoms with Crippen LogP contribution in [0.1, 0.15) is 61.1 Å². The van der Waals surface area contributed by atoms with Gasteiger partial charge in [0.1, 0.15) is 11.5 Å². The van der Waals surface area contributed by atoms with Gasteiger partial charge >= 0.3 is 0 Å². The predicted molar refractivity (Wildman–Crippen MR) is 164 cm³/mol. The van der Waals surface area contributed by atoms with E-state index < -0.39 is 0 Å². The molecule has 4 atom stereocenters. The Labute approximate surface area is 257 Å². The van der Waals surface area contributed by atoms with E-state index in [-0.39, 0.29) is 62.3 Å². The number of ether oxygens (including phenoxy) is 8. The Kier molecular flexibility index (Phi) is 17.1. The zero-order valence-electron chi connectivity index (χ0n) is 27.1. The maximum absolute atomic E-state index is 11.1. The lowest BCUT2D eigenvalue weighted by Crippen LogP contribution is -2.16. The molecule has 2 rings (SSSR count). The highest BCUT2D eigenvalue weighted by Gasteiger charge is 2.17. The van der Waals surface area contributed by atoms with Crippen LogP contribution in [0.25, 0.3) is 0 Å². The average Bonchev–Trinajstić information content (AvgIpc) is 2.96. The first-order valence-electron chi connectivity index (χ1n) is 14.7. The molecular weight excluding hydrogens is 556 g/mol. The van der Waals surface area contributed by atoms with Crippen LogP contribution in [0.15, 0.2) is 24.3 Å². The van der Waals surface area contributed by atoms with E-state index in [0.717, 1.165) is 11.1 Å². The molecular formula is C33H52O10. The Hall–Kier alpha value is -2.28. The summed E-state index contributed by atoms with van der Waals surface area (Å²) in [5.74, 6) is 0.289. The highest BCUT2D eigenvalue weighted by molar-refractivity contribution is 5.48. The van der Waals surface area contributed by atoms with Crippen molar-refractivity contribution in [1.82, 2.24) is 0 Å². The molecule has 0 radical (unpaired) electrons. The SMILES string of the molecule is COCC(C)OCc1cc(Cc2cc(COC(C)COC)c(O)c(COC(C)COC)c2)cc(COC(C)COC)c1O. The Morgan fingerprint density at radius 3 is 0.907 bits per heavy atom. The first-order chi connectivity index (χ1) is 20.6. The molecule has 0 heterocycles. The number of phenolic OH excluding ortho intramolecular Hbond substituents is 2. The normalized spacial score (nSPS) is 14.5. The van der Waals surface area contributed by atoms with Crippen molar-refractivity contribution in [2.45, 2.75) is 85.0 Å². The van der Waals surface area contributed by atoms with Gasteiger partial charge in [0.2, 0.25) is 0 Å². The molecule has 10 nitrogen and oxygen atoms in total. The van der Waals surface area contributed by atoms with E-state index in [4.69, 9.17) is 37.9 Å². The first-order valence-corrected chi connectivity index (χ1v) is 14.7. The number of phenols is 2. The van der Waals surface area contributed by atoms with Gasteiger partial charge in [-0.1, -0.05) is 0 Å². The Bertz CT molecular complexity index is 918. The molecule has 0 amide bonds. The topological polar surface area (TPSA) is 114 Å². The lowest BCUT2D eigenvalue weighted by atomic mass is 9.96. The van der Waals surface area contributed by atoms with Crippen molar-refractivity contribution in [3.8, 4) is 11.5 Å². The van der Waals surface area contributed by atoms with E-state index >= 15 is 0 Å². The number of rotatable bonds is 22. The third-order valence-corrected chi connectivity index (χ3v) is 6.76. The van der Waals surface area contributed by atoms with Crippen molar-refractivity contribution in [3.05, 3.63) is 57.6 Å². The summed E-state index contributed by atoms with van der Waals surface area (Å²) >= 11 is 0. The van der Waals surface area contributed by atoms with Gasteiger partial charge in [0.15, 0.2) is 0 Å². The summed E-state index contributed by atoms with van der Waals surface area (Å²) in [6, 6.07) is 7.77. The van der Waals surface area contributed by atoms with E-state index in [1.54, 1.807) is 28.4 Å². The van der Waals surface area contributed by atoms with Crippen LogP contribution < -0.4 is 0 Å². The van der Waals surface area contributed by atoms with Crippen LogP contribution in [-0.2, 0) is 70.7 Å². The summed E-state index contributed by atoms with van der Waals surface area (Å²) in [4.78, 5) is 0. The Morgan fingerprint density at radius 1 is 0.465 bits per heavy atom. The smallest absolute Gasteiger partial charge is 0.126 e. The molecule has 244 valence electrons. The van der Waals surface area contributed by atoms with E-state index in [1.807, 2.05) is 52.0 Å². The molecule has 2 aromatic rings. The molecule has 0 saturated carbocycles. The zero-order valence-corrected chi connectivity index (χ0v) is 27.1. The fourth-order valence-electron chi connectivity index (χ4n) is 4.60.